The average Bonchev–Trinajstić information content (AvgIpc) is 2.53. The van der Waals surface area contributed by atoms with E-state index in [0.29, 0.717) is 6.54 Å². The zero-order valence-corrected chi connectivity index (χ0v) is 13.5. The molecule has 1 heterocycles. The first-order valence-corrected chi connectivity index (χ1v) is 7.92. The predicted molar refractivity (Wildman–Crippen MR) is 89.9 cm³/mol. The number of nitrogens with one attached hydrogen (secondary N) is 1. The van der Waals surface area contributed by atoms with E-state index in [1.165, 1.54) is 11.6 Å². The zero-order valence-electron chi connectivity index (χ0n) is 13.5. The summed E-state index contributed by atoms with van der Waals surface area (Å²) < 4.78 is 13.5. The number of hydrogen-bond acceptors (Lipinski definition) is 2. The molecule has 0 bridgehead atoms. The van der Waals surface area contributed by atoms with Crippen molar-refractivity contribution < 1.29 is 9.18 Å². The van der Waals surface area contributed by atoms with E-state index in [1.54, 1.807) is 6.07 Å². The Bertz CT molecular complexity index is 712. The molecule has 0 saturated carbocycles. The van der Waals surface area contributed by atoms with Crippen LogP contribution in [0, 0.1) is 12.7 Å². The number of carbonyl (C=O) groups is 1. The van der Waals surface area contributed by atoms with Gasteiger partial charge in [-0.1, -0.05) is 23.8 Å². The lowest BCUT2D eigenvalue weighted by atomic mass is 9.93. The van der Waals surface area contributed by atoms with Crippen LogP contribution in [0.4, 0.5) is 10.1 Å². The van der Waals surface area contributed by atoms with Crippen LogP contribution in [0.2, 0.25) is 0 Å². The minimum atomic E-state index is -0.221. The van der Waals surface area contributed by atoms with Crippen molar-refractivity contribution in [2.24, 2.45) is 0 Å². The Labute approximate surface area is 136 Å². The molecule has 1 amide bonds. The van der Waals surface area contributed by atoms with Gasteiger partial charge in [0.15, 0.2) is 0 Å². The number of anilines is 1. The van der Waals surface area contributed by atoms with Crippen LogP contribution in [0.1, 0.15) is 29.7 Å². The van der Waals surface area contributed by atoms with Gasteiger partial charge in [-0.3, -0.25) is 9.69 Å². The van der Waals surface area contributed by atoms with Crippen molar-refractivity contribution in [3.8, 4) is 0 Å². The summed E-state index contributed by atoms with van der Waals surface area (Å²) in [5.74, 6) is -0.262. The molecule has 3 rings (SSSR count). The molecule has 0 aliphatic carbocycles. The molecular formula is C19H21FN2O. The van der Waals surface area contributed by atoms with Gasteiger partial charge < -0.3 is 5.32 Å². The number of carbonyl (C=O) groups excluding carboxylic acids is 1. The quantitative estimate of drug-likeness (QED) is 0.937. The van der Waals surface area contributed by atoms with Gasteiger partial charge in [0.05, 0.1) is 6.54 Å². The molecule has 0 spiro atoms. The molecule has 23 heavy (non-hydrogen) atoms. The summed E-state index contributed by atoms with van der Waals surface area (Å²) in [5, 5.41) is 2.92. The van der Waals surface area contributed by atoms with E-state index in [4.69, 9.17) is 0 Å². The summed E-state index contributed by atoms with van der Waals surface area (Å²) in [5.41, 5.74) is 4.12. The van der Waals surface area contributed by atoms with Gasteiger partial charge in [-0.15, -0.1) is 0 Å². The third-order valence-corrected chi connectivity index (χ3v) is 4.46. The number of halogens is 1. The van der Waals surface area contributed by atoms with Gasteiger partial charge in [0.2, 0.25) is 5.91 Å². The number of hydrogen-bond donors (Lipinski definition) is 1. The molecule has 4 heteroatoms. The Morgan fingerprint density at radius 1 is 1.26 bits per heavy atom. The highest BCUT2D eigenvalue weighted by Crippen LogP contribution is 2.29. The lowest BCUT2D eigenvalue weighted by Gasteiger charge is -2.34. The topological polar surface area (TPSA) is 32.3 Å². The summed E-state index contributed by atoms with van der Waals surface area (Å²) in [6.07, 6.45) is 0.845. The molecule has 2 aromatic rings. The third-order valence-electron chi connectivity index (χ3n) is 4.46. The van der Waals surface area contributed by atoms with Crippen molar-refractivity contribution in [3.05, 3.63) is 65.0 Å². The predicted octanol–water partition coefficient (Wildman–Crippen LogP) is 3.69. The second kappa shape index (κ2) is 6.50. The van der Waals surface area contributed by atoms with Gasteiger partial charge in [0.25, 0.3) is 0 Å². The summed E-state index contributed by atoms with van der Waals surface area (Å²) in [4.78, 5) is 14.4. The fraction of sp³-hybridized carbons (Fsp3) is 0.316. The summed E-state index contributed by atoms with van der Waals surface area (Å²) in [6.45, 7) is 5.15. The minimum Gasteiger partial charge on any atom is -0.325 e. The Balaban J connectivity index is 1.66. The van der Waals surface area contributed by atoms with E-state index >= 15 is 0 Å². The van der Waals surface area contributed by atoms with Crippen LogP contribution in [-0.4, -0.2) is 23.9 Å². The summed E-state index contributed by atoms with van der Waals surface area (Å²) in [7, 11) is 0. The van der Waals surface area contributed by atoms with Gasteiger partial charge in [-0.05, 0) is 55.7 Å². The smallest absolute Gasteiger partial charge is 0.238 e. The van der Waals surface area contributed by atoms with E-state index in [2.05, 4.69) is 10.2 Å². The van der Waals surface area contributed by atoms with Crippen molar-refractivity contribution in [3.63, 3.8) is 0 Å². The number of amides is 1. The Hall–Kier alpha value is -2.20. The molecule has 2 aromatic carbocycles. The molecule has 0 aromatic heterocycles. The van der Waals surface area contributed by atoms with Crippen molar-refractivity contribution >= 4 is 11.6 Å². The lowest BCUT2D eigenvalue weighted by Crippen LogP contribution is -2.39. The van der Waals surface area contributed by atoms with Crippen LogP contribution in [0.5, 0.6) is 0 Å². The number of nitrogens with zero attached hydrogens (tertiary/aromatic N) is 1. The Kier molecular flexibility index (Phi) is 4.44. The lowest BCUT2D eigenvalue weighted by molar-refractivity contribution is -0.117. The van der Waals surface area contributed by atoms with Gasteiger partial charge in [-0.2, -0.15) is 0 Å². The minimum absolute atomic E-state index is 0.0400. The van der Waals surface area contributed by atoms with Gasteiger partial charge in [-0.25, -0.2) is 4.39 Å². The number of aryl methyl sites for hydroxylation is 1. The molecule has 0 fully saturated rings. The molecule has 1 aliphatic rings. The summed E-state index contributed by atoms with van der Waals surface area (Å²) >= 11 is 0. The average molecular weight is 312 g/mol. The Morgan fingerprint density at radius 3 is 2.74 bits per heavy atom. The molecule has 0 saturated heterocycles. The first-order chi connectivity index (χ1) is 11.0. The highest BCUT2D eigenvalue weighted by Gasteiger charge is 2.25. The van der Waals surface area contributed by atoms with E-state index in [1.807, 2.05) is 44.2 Å². The van der Waals surface area contributed by atoms with E-state index < -0.39 is 0 Å². The van der Waals surface area contributed by atoms with Crippen molar-refractivity contribution in [1.29, 1.82) is 0 Å². The zero-order chi connectivity index (χ0) is 16.4. The molecule has 1 N–H and O–H groups in total. The molecule has 1 atom stereocenters. The largest absolute Gasteiger partial charge is 0.325 e. The number of benzene rings is 2. The van der Waals surface area contributed by atoms with Crippen molar-refractivity contribution in [1.82, 2.24) is 4.90 Å². The molecule has 1 aliphatic heterocycles. The maximum atomic E-state index is 13.5. The highest BCUT2D eigenvalue weighted by molar-refractivity contribution is 5.92. The maximum absolute atomic E-state index is 13.5. The molecule has 120 valence electrons. The second-order valence-electron chi connectivity index (χ2n) is 6.15. The van der Waals surface area contributed by atoms with Crippen LogP contribution in [0.25, 0.3) is 0 Å². The van der Waals surface area contributed by atoms with Crippen LogP contribution in [0.15, 0.2) is 42.5 Å². The van der Waals surface area contributed by atoms with E-state index in [0.717, 1.165) is 29.8 Å². The third kappa shape index (κ3) is 3.59. The first kappa shape index (κ1) is 15.7. The van der Waals surface area contributed by atoms with Crippen molar-refractivity contribution in [2.45, 2.75) is 26.3 Å². The SMILES string of the molecule is Cc1ccc(NC(=O)CN2CCc3ccc(F)cc3C2C)cc1. The van der Waals surface area contributed by atoms with Crippen LogP contribution in [-0.2, 0) is 11.2 Å². The van der Waals surface area contributed by atoms with Gasteiger partial charge in [0, 0.05) is 18.3 Å². The number of fused-ring (bicyclic) bond motifs is 1. The monoisotopic (exact) mass is 312 g/mol. The maximum Gasteiger partial charge on any atom is 0.238 e. The fourth-order valence-corrected chi connectivity index (χ4v) is 3.07. The van der Waals surface area contributed by atoms with Crippen LogP contribution in [0.3, 0.4) is 0 Å². The van der Waals surface area contributed by atoms with E-state index in [9.17, 15) is 9.18 Å². The van der Waals surface area contributed by atoms with Gasteiger partial charge >= 0.3 is 0 Å². The molecule has 1 unspecified atom stereocenters. The Morgan fingerprint density at radius 2 is 2.00 bits per heavy atom. The normalized spacial score (nSPS) is 17.6. The van der Waals surface area contributed by atoms with Gasteiger partial charge in [0.1, 0.15) is 5.82 Å². The molecule has 0 radical (unpaired) electrons. The van der Waals surface area contributed by atoms with E-state index in [-0.39, 0.29) is 17.8 Å². The van der Waals surface area contributed by atoms with Crippen LogP contribution >= 0.6 is 0 Å². The summed E-state index contributed by atoms with van der Waals surface area (Å²) in [6, 6.07) is 12.7. The van der Waals surface area contributed by atoms with Crippen LogP contribution < -0.4 is 5.32 Å². The highest BCUT2D eigenvalue weighted by atomic mass is 19.1. The first-order valence-electron chi connectivity index (χ1n) is 7.92. The second-order valence-corrected chi connectivity index (χ2v) is 6.15. The number of rotatable bonds is 3. The standard InChI is InChI=1S/C19H21FN2O/c1-13-3-7-17(8-4-13)21-19(23)12-22-10-9-15-5-6-16(20)11-18(15)14(22)2/h3-8,11,14H,9-10,12H2,1-2H3,(H,21,23). The van der Waals surface area contributed by atoms with Crippen molar-refractivity contribution in [2.75, 3.05) is 18.4 Å². The molecular weight excluding hydrogens is 291 g/mol. The fourth-order valence-electron chi connectivity index (χ4n) is 3.07. The molecule has 3 nitrogen and oxygen atoms in total.